The Kier molecular flexibility index (Phi) is 3.30. The van der Waals surface area contributed by atoms with Crippen molar-refractivity contribution in [1.29, 1.82) is 0 Å². The zero-order valence-electron chi connectivity index (χ0n) is 13.4. The number of H-pyrrole nitrogens is 1. The number of fused-ring (bicyclic) bond motifs is 2. The molecule has 2 N–H and O–H groups in total. The number of hydrogen-bond acceptors (Lipinski definition) is 4. The van der Waals surface area contributed by atoms with E-state index in [1.54, 1.807) is 22.9 Å². The zero-order valence-corrected chi connectivity index (χ0v) is 13.4. The first-order chi connectivity index (χ1) is 11.6. The lowest BCUT2D eigenvalue weighted by Crippen LogP contribution is -2.22. The largest absolute Gasteiger partial charge is 0.361 e. The van der Waals surface area contributed by atoms with Crippen molar-refractivity contribution < 1.29 is 0 Å². The number of nitrogens with zero attached hydrogens (tertiary/aromatic N) is 3. The van der Waals surface area contributed by atoms with Gasteiger partial charge in [-0.15, -0.1) is 0 Å². The van der Waals surface area contributed by atoms with Gasteiger partial charge < -0.3 is 10.3 Å². The lowest BCUT2D eigenvalue weighted by molar-refractivity contribution is 0.595. The fraction of sp³-hybridized carbons (Fsp3) is 0.167. The molecule has 0 aliphatic carbocycles. The number of anilines is 2. The van der Waals surface area contributed by atoms with Crippen LogP contribution in [0.15, 0.2) is 53.6 Å². The topological polar surface area (TPSA) is 75.6 Å². The SMILES string of the molecule is CC(C)n1c(=O)ccc2cnc(Nc3ccc4[nH]ccc4c3)nc21. The van der Waals surface area contributed by atoms with Crippen LogP contribution in [-0.4, -0.2) is 19.5 Å². The standard InChI is InChI=1S/C18H17N5O/c1-11(2)23-16(24)6-3-13-10-20-18(22-17(13)23)21-14-4-5-15-12(9-14)7-8-19-15/h3-11,19H,1-2H3,(H,20,21,22). The Morgan fingerprint density at radius 1 is 1.12 bits per heavy atom. The van der Waals surface area contributed by atoms with E-state index in [1.807, 2.05) is 44.3 Å². The Labute approximate surface area is 138 Å². The summed E-state index contributed by atoms with van der Waals surface area (Å²) >= 11 is 0. The Morgan fingerprint density at radius 3 is 2.83 bits per heavy atom. The number of benzene rings is 1. The molecule has 6 nitrogen and oxygen atoms in total. The molecule has 4 aromatic rings. The number of aromatic nitrogens is 4. The molecular weight excluding hydrogens is 302 g/mol. The quantitative estimate of drug-likeness (QED) is 0.605. The highest BCUT2D eigenvalue weighted by atomic mass is 16.1. The van der Waals surface area contributed by atoms with E-state index in [-0.39, 0.29) is 11.6 Å². The first kappa shape index (κ1) is 14.4. The van der Waals surface area contributed by atoms with Gasteiger partial charge in [0.2, 0.25) is 5.95 Å². The van der Waals surface area contributed by atoms with Crippen molar-refractivity contribution in [1.82, 2.24) is 19.5 Å². The van der Waals surface area contributed by atoms with E-state index in [9.17, 15) is 4.79 Å². The van der Waals surface area contributed by atoms with E-state index in [1.165, 1.54) is 0 Å². The van der Waals surface area contributed by atoms with Gasteiger partial charge in [0.1, 0.15) is 5.65 Å². The van der Waals surface area contributed by atoms with Crippen molar-refractivity contribution in [2.24, 2.45) is 0 Å². The van der Waals surface area contributed by atoms with E-state index in [0.29, 0.717) is 11.6 Å². The molecule has 0 bridgehead atoms. The van der Waals surface area contributed by atoms with Gasteiger partial charge in [0.25, 0.3) is 5.56 Å². The monoisotopic (exact) mass is 319 g/mol. The van der Waals surface area contributed by atoms with Crippen LogP contribution in [0.25, 0.3) is 21.9 Å². The normalized spacial score (nSPS) is 11.5. The second kappa shape index (κ2) is 5.49. The fourth-order valence-electron chi connectivity index (χ4n) is 2.86. The molecule has 0 fully saturated rings. The summed E-state index contributed by atoms with van der Waals surface area (Å²) in [5.41, 5.74) is 2.55. The third-order valence-corrected chi connectivity index (χ3v) is 3.99. The molecule has 0 aliphatic rings. The van der Waals surface area contributed by atoms with Crippen LogP contribution in [0, 0.1) is 0 Å². The molecule has 1 aromatic carbocycles. The van der Waals surface area contributed by atoms with Crippen molar-refractivity contribution in [2.45, 2.75) is 19.9 Å². The average molecular weight is 319 g/mol. The van der Waals surface area contributed by atoms with Gasteiger partial charge in [0.15, 0.2) is 0 Å². The van der Waals surface area contributed by atoms with Crippen LogP contribution in [0.1, 0.15) is 19.9 Å². The Morgan fingerprint density at radius 2 is 2.00 bits per heavy atom. The first-order valence-electron chi connectivity index (χ1n) is 7.84. The number of hydrogen-bond donors (Lipinski definition) is 2. The third kappa shape index (κ3) is 2.42. The van der Waals surface area contributed by atoms with Gasteiger partial charge in [0.05, 0.1) is 0 Å². The minimum Gasteiger partial charge on any atom is -0.361 e. The Balaban J connectivity index is 1.79. The number of rotatable bonds is 3. The highest BCUT2D eigenvalue weighted by Gasteiger charge is 2.09. The molecule has 0 atom stereocenters. The second-order valence-corrected chi connectivity index (χ2v) is 6.01. The van der Waals surface area contributed by atoms with Crippen LogP contribution >= 0.6 is 0 Å². The lowest BCUT2D eigenvalue weighted by Gasteiger charge is -2.13. The molecule has 0 spiro atoms. The molecule has 0 radical (unpaired) electrons. The van der Waals surface area contributed by atoms with Gasteiger partial charge in [-0.05, 0) is 44.2 Å². The third-order valence-electron chi connectivity index (χ3n) is 3.99. The highest BCUT2D eigenvalue weighted by molar-refractivity contribution is 5.84. The molecule has 3 aromatic heterocycles. The van der Waals surface area contributed by atoms with Crippen molar-refractivity contribution in [2.75, 3.05) is 5.32 Å². The van der Waals surface area contributed by atoms with Crippen LogP contribution in [0.3, 0.4) is 0 Å². The van der Waals surface area contributed by atoms with Crippen LogP contribution in [0.4, 0.5) is 11.6 Å². The van der Waals surface area contributed by atoms with Gasteiger partial charge in [-0.1, -0.05) is 0 Å². The molecule has 4 rings (SSSR count). The number of pyridine rings is 1. The maximum absolute atomic E-state index is 12.1. The Hall–Kier alpha value is -3.15. The van der Waals surface area contributed by atoms with Crippen molar-refractivity contribution in [3.63, 3.8) is 0 Å². The first-order valence-corrected chi connectivity index (χ1v) is 7.84. The number of aromatic amines is 1. The fourth-order valence-corrected chi connectivity index (χ4v) is 2.86. The van der Waals surface area contributed by atoms with Crippen LogP contribution in [-0.2, 0) is 0 Å². The molecule has 0 unspecified atom stereocenters. The van der Waals surface area contributed by atoms with E-state index < -0.39 is 0 Å². The van der Waals surface area contributed by atoms with Crippen LogP contribution in [0.2, 0.25) is 0 Å². The van der Waals surface area contributed by atoms with Gasteiger partial charge in [-0.3, -0.25) is 9.36 Å². The van der Waals surface area contributed by atoms with Crippen LogP contribution in [0.5, 0.6) is 0 Å². The van der Waals surface area contributed by atoms with Crippen LogP contribution < -0.4 is 10.9 Å². The summed E-state index contributed by atoms with van der Waals surface area (Å²) in [7, 11) is 0. The molecular formula is C18H17N5O. The van der Waals surface area contributed by atoms with Gasteiger partial charge in [-0.2, -0.15) is 4.98 Å². The average Bonchev–Trinajstić information content (AvgIpc) is 3.02. The molecule has 0 amide bonds. The summed E-state index contributed by atoms with van der Waals surface area (Å²) in [4.78, 5) is 24.2. The molecule has 120 valence electrons. The van der Waals surface area contributed by atoms with Crippen molar-refractivity contribution in [3.8, 4) is 0 Å². The van der Waals surface area contributed by atoms with E-state index in [2.05, 4.69) is 20.3 Å². The predicted molar refractivity (Wildman–Crippen MR) is 95.8 cm³/mol. The maximum Gasteiger partial charge on any atom is 0.252 e. The van der Waals surface area contributed by atoms with Crippen molar-refractivity contribution in [3.05, 3.63) is 59.1 Å². The molecule has 0 aliphatic heterocycles. The summed E-state index contributed by atoms with van der Waals surface area (Å²) in [6, 6.07) is 11.3. The summed E-state index contributed by atoms with van der Waals surface area (Å²) in [6.07, 6.45) is 3.64. The van der Waals surface area contributed by atoms with Crippen molar-refractivity contribution >= 4 is 33.6 Å². The summed E-state index contributed by atoms with van der Waals surface area (Å²) < 4.78 is 1.68. The molecule has 3 heterocycles. The van der Waals surface area contributed by atoms with Gasteiger partial charge in [-0.25, -0.2) is 4.98 Å². The summed E-state index contributed by atoms with van der Waals surface area (Å²) in [5.74, 6) is 0.470. The highest BCUT2D eigenvalue weighted by Crippen LogP contribution is 2.21. The number of nitrogens with one attached hydrogen (secondary N) is 2. The summed E-state index contributed by atoms with van der Waals surface area (Å²) in [6.45, 7) is 3.94. The van der Waals surface area contributed by atoms with Gasteiger partial charge >= 0.3 is 0 Å². The molecule has 0 saturated heterocycles. The smallest absolute Gasteiger partial charge is 0.252 e. The molecule has 6 heteroatoms. The van der Waals surface area contributed by atoms with E-state index in [0.717, 1.165) is 22.0 Å². The maximum atomic E-state index is 12.1. The Bertz CT molecular complexity index is 1090. The minimum atomic E-state index is -0.0594. The minimum absolute atomic E-state index is 0.0279. The zero-order chi connectivity index (χ0) is 16.7. The molecule has 0 saturated carbocycles. The van der Waals surface area contributed by atoms with E-state index in [4.69, 9.17) is 0 Å². The second-order valence-electron chi connectivity index (χ2n) is 6.01. The van der Waals surface area contributed by atoms with E-state index >= 15 is 0 Å². The predicted octanol–water partition coefficient (Wildman–Crippen LogP) is 3.60. The molecule has 24 heavy (non-hydrogen) atoms. The lowest BCUT2D eigenvalue weighted by atomic mass is 10.2. The summed E-state index contributed by atoms with van der Waals surface area (Å²) in [5, 5.41) is 5.17. The van der Waals surface area contributed by atoms with Gasteiger partial charge in [0, 0.05) is 46.5 Å².